The zero-order valence-corrected chi connectivity index (χ0v) is 21.5. The number of carbonyl (C=O) groups excluding carboxylic acids is 1. The molecular formula is C23H44O12. The van der Waals surface area contributed by atoms with Gasteiger partial charge in [-0.3, -0.25) is 4.79 Å². The normalized spacial score (nSPS) is 11.6. The molecule has 12 heteroatoms. The molecular weight excluding hydrogens is 468 g/mol. The Kier molecular flexibility index (Phi) is 23.4. The van der Waals surface area contributed by atoms with Crippen LogP contribution >= 0.6 is 0 Å². The van der Waals surface area contributed by atoms with Crippen LogP contribution in [0.4, 0.5) is 0 Å². The number of rotatable bonds is 26. The summed E-state index contributed by atoms with van der Waals surface area (Å²) < 4.78 is 47.6. The monoisotopic (exact) mass is 512 g/mol. The van der Waals surface area contributed by atoms with Gasteiger partial charge in [-0.05, 0) is 20.8 Å². The third-order valence-electron chi connectivity index (χ3n) is 3.70. The first-order chi connectivity index (χ1) is 16.8. The molecule has 0 aromatic carbocycles. The standard InChI is InChI=1S/C23H44O12/c1-23(2,3)35-22(26)20-34-19-18-33-17-16-32-15-14-31-13-12-30-11-10-29-9-8-28-7-6-27-5-4-21(24)25/h4-20H2,1-3H3,(H,24,25). The third kappa shape index (κ3) is 30.6. The molecule has 0 aliphatic carbocycles. The number of hydrogen-bond donors (Lipinski definition) is 1. The Bertz CT molecular complexity index is 495. The quantitative estimate of drug-likeness (QED) is 0.130. The Hall–Kier alpha value is -1.38. The van der Waals surface area contributed by atoms with Crippen molar-refractivity contribution in [1.29, 1.82) is 0 Å². The van der Waals surface area contributed by atoms with Gasteiger partial charge in [0.25, 0.3) is 0 Å². The van der Waals surface area contributed by atoms with Crippen LogP contribution in [0.2, 0.25) is 0 Å². The molecule has 0 aliphatic rings. The van der Waals surface area contributed by atoms with Gasteiger partial charge in [0.15, 0.2) is 0 Å². The summed E-state index contributed by atoms with van der Waals surface area (Å²) in [5.41, 5.74) is -0.512. The molecule has 0 radical (unpaired) electrons. The van der Waals surface area contributed by atoms with E-state index in [9.17, 15) is 9.59 Å². The largest absolute Gasteiger partial charge is 0.481 e. The van der Waals surface area contributed by atoms with E-state index in [-0.39, 0.29) is 19.6 Å². The van der Waals surface area contributed by atoms with E-state index in [0.29, 0.717) is 92.5 Å². The molecule has 0 fully saturated rings. The molecule has 0 aliphatic heterocycles. The van der Waals surface area contributed by atoms with Crippen LogP contribution in [0, 0.1) is 0 Å². The van der Waals surface area contributed by atoms with E-state index in [2.05, 4.69) is 0 Å². The minimum atomic E-state index is -0.877. The Morgan fingerprint density at radius 1 is 0.514 bits per heavy atom. The maximum Gasteiger partial charge on any atom is 0.332 e. The highest BCUT2D eigenvalue weighted by atomic mass is 16.6. The second-order valence-electron chi connectivity index (χ2n) is 8.07. The van der Waals surface area contributed by atoms with Crippen molar-refractivity contribution in [3.8, 4) is 0 Å². The number of ether oxygens (including phenoxy) is 9. The molecule has 0 saturated heterocycles. The smallest absolute Gasteiger partial charge is 0.332 e. The van der Waals surface area contributed by atoms with Crippen LogP contribution < -0.4 is 0 Å². The summed E-state index contributed by atoms with van der Waals surface area (Å²) in [5, 5.41) is 8.45. The fraction of sp³-hybridized carbons (Fsp3) is 0.913. The van der Waals surface area contributed by atoms with Crippen LogP contribution in [-0.4, -0.2) is 128 Å². The Morgan fingerprint density at radius 3 is 1.09 bits per heavy atom. The fourth-order valence-electron chi connectivity index (χ4n) is 2.23. The van der Waals surface area contributed by atoms with Crippen molar-refractivity contribution >= 4 is 11.9 Å². The van der Waals surface area contributed by atoms with E-state index in [0.717, 1.165) is 0 Å². The van der Waals surface area contributed by atoms with E-state index >= 15 is 0 Å². The molecule has 0 spiro atoms. The fourth-order valence-corrected chi connectivity index (χ4v) is 2.23. The summed E-state index contributed by atoms with van der Waals surface area (Å²) >= 11 is 0. The SMILES string of the molecule is CC(C)(C)OC(=O)COCCOCCOCCOCCOCCOCCOCCOCCC(=O)O. The van der Waals surface area contributed by atoms with Gasteiger partial charge in [-0.2, -0.15) is 0 Å². The van der Waals surface area contributed by atoms with Crippen LogP contribution in [0.1, 0.15) is 27.2 Å². The van der Waals surface area contributed by atoms with Gasteiger partial charge in [-0.1, -0.05) is 0 Å². The number of hydrogen-bond acceptors (Lipinski definition) is 11. The van der Waals surface area contributed by atoms with E-state index in [1.165, 1.54) is 0 Å². The van der Waals surface area contributed by atoms with Crippen molar-refractivity contribution in [1.82, 2.24) is 0 Å². The summed E-state index contributed by atoms with van der Waals surface area (Å²) in [6.07, 6.45) is -0.00420. The van der Waals surface area contributed by atoms with E-state index in [1.807, 2.05) is 0 Å². The van der Waals surface area contributed by atoms with Gasteiger partial charge in [0.05, 0.1) is 106 Å². The molecule has 0 heterocycles. The number of carboxylic acid groups (broad SMARTS) is 1. The first-order valence-corrected chi connectivity index (χ1v) is 11.9. The van der Waals surface area contributed by atoms with Crippen molar-refractivity contribution in [2.24, 2.45) is 0 Å². The molecule has 1 N–H and O–H groups in total. The number of aliphatic carboxylic acids is 1. The second-order valence-corrected chi connectivity index (χ2v) is 8.07. The minimum absolute atomic E-state index is 0.00420. The molecule has 0 bridgehead atoms. The predicted molar refractivity (Wildman–Crippen MR) is 125 cm³/mol. The topological polar surface area (TPSA) is 137 Å². The summed E-state index contributed by atoms with van der Waals surface area (Å²) in [4.78, 5) is 21.7. The van der Waals surface area contributed by atoms with Gasteiger partial charge in [-0.25, -0.2) is 4.79 Å². The molecule has 0 atom stereocenters. The average molecular weight is 513 g/mol. The molecule has 0 rings (SSSR count). The van der Waals surface area contributed by atoms with Gasteiger partial charge in [0.1, 0.15) is 12.2 Å². The highest BCUT2D eigenvalue weighted by molar-refractivity contribution is 5.71. The average Bonchev–Trinajstić information content (AvgIpc) is 2.77. The van der Waals surface area contributed by atoms with Crippen LogP contribution in [0.15, 0.2) is 0 Å². The predicted octanol–water partition coefficient (Wildman–Crippen LogP) is 0.936. The summed E-state index contributed by atoms with van der Waals surface area (Å²) in [6.45, 7) is 11.6. The zero-order valence-electron chi connectivity index (χ0n) is 21.5. The highest BCUT2D eigenvalue weighted by Crippen LogP contribution is 2.06. The summed E-state index contributed by atoms with van der Waals surface area (Å²) in [5.74, 6) is -1.27. The summed E-state index contributed by atoms with van der Waals surface area (Å²) in [6, 6.07) is 0. The molecule has 0 aromatic rings. The molecule has 35 heavy (non-hydrogen) atoms. The van der Waals surface area contributed by atoms with Crippen molar-refractivity contribution in [2.75, 3.05) is 106 Å². The second kappa shape index (κ2) is 24.3. The van der Waals surface area contributed by atoms with Crippen LogP contribution in [0.3, 0.4) is 0 Å². The third-order valence-corrected chi connectivity index (χ3v) is 3.70. The summed E-state index contributed by atoms with van der Waals surface area (Å²) in [7, 11) is 0. The van der Waals surface area contributed by atoms with Gasteiger partial charge in [0.2, 0.25) is 0 Å². The van der Waals surface area contributed by atoms with Crippen LogP contribution in [-0.2, 0) is 52.2 Å². The molecule has 0 amide bonds. The van der Waals surface area contributed by atoms with Gasteiger partial charge in [-0.15, -0.1) is 0 Å². The van der Waals surface area contributed by atoms with Crippen LogP contribution in [0.5, 0.6) is 0 Å². The minimum Gasteiger partial charge on any atom is -0.481 e. The van der Waals surface area contributed by atoms with Crippen molar-refractivity contribution < 1.29 is 57.3 Å². The lowest BCUT2D eigenvalue weighted by Crippen LogP contribution is -2.27. The van der Waals surface area contributed by atoms with Gasteiger partial charge >= 0.3 is 11.9 Å². The Morgan fingerprint density at radius 2 is 0.800 bits per heavy atom. The lowest BCUT2D eigenvalue weighted by Gasteiger charge is -2.19. The zero-order chi connectivity index (χ0) is 26.0. The number of carbonyl (C=O) groups is 2. The molecule has 12 nitrogen and oxygen atoms in total. The maximum atomic E-state index is 11.4. The van der Waals surface area contributed by atoms with E-state index < -0.39 is 17.5 Å². The van der Waals surface area contributed by atoms with Gasteiger partial charge < -0.3 is 47.7 Å². The van der Waals surface area contributed by atoms with Crippen LogP contribution in [0.25, 0.3) is 0 Å². The number of carboxylic acids is 1. The first kappa shape index (κ1) is 33.6. The molecule has 208 valence electrons. The molecule has 0 saturated carbocycles. The van der Waals surface area contributed by atoms with E-state index in [4.69, 9.17) is 47.7 Å². The number of esters is 1. The van der Waals surface area contributed by atoms with Crippen molar-refractivity contribution in [2.45, 2.75) is 32.8 Å². The van der Waals surface area contributed by atoms with Crippen molar-refractivity contribution in [3.05, 3.63) is 0 Å². The van der Waals surface area contributed by atoms with Crippen molar-refractivity contribution in [3.63, 3.8) is 0 Å². The van der Waals surface area contributed by atoms with E-state index in [1.54, 1.807) is 20.8 Å². The molecule has 0 aromatic heterocycles. The lowest BCUT2D eigenvalue weighted by atomic mass is 10.2. The Labute approximate surface area is 208 Å². The maximum absolute atomic E-state index is 11.4. The first-order valence-electron chi connectivity index (χ1n) is 11.9. The highest BCUT2D eigenvalue weighted by Gasteiger charge is 2.15. The lowest BCUT2D eigenvalue weighted by molar-refractivity contribution is -0.160. The van der Waals surface area contributed by atoms with Gasteiger partial charge in [0, 0.05) is 0 Å². The molecule has 0 unspecified atom stereocenters. The Balaban J connectivity index is 3.11.